The first kappa shape index (κ1) is 16.4. The Morgan fingerprint density at radius 2 is 2.00 bits per heavy atom. The van der Waals surface area contributed by atoms with Crippen LogP contribution in [0.15, 0.2) is 29.6 Å². The lowest BCUT2D eigenvalue weighted by Crippen LogP contribution is -2.40. The van der Waals surface area contributed by atoms with Gasteiger partial charge < -0.3 is 4.74 Å². The molecule has 0 bridgehead atoms. The van der Waals surface area contributed by atoms with Crippen LogP contribution < -0.4 is 10.9 Å². The first-order chi connectivity index (χ1) is 10.3. The summed E-state index contributed by atoms with van der Waals surface area (Å²) in [6.07, 6.45) is -0.540. The maximum Gasteiger partial charge on any atom is 0.422 e. The molecule has 5 nitrogen and oxygen atoms in total. The highest BCUT2D eigenvalue weighted by atomic mass is 32.1. The van der Waals surface area contributed by atoms with Crippen molar-refractivity contribution in [1.82, 2.24) is 15.8 Å². The van der Waals surface area contributed by atoms with Crippen LogP contribution >= 0.6 is 11.3 Å². The maximum atomic E-state index is 12.9. The molecule has 7 heteroatoms. The number of hydrogen-bond acceptors (Lipinski definition) is 5. The molecule has 0 unspecified atom stereocenters. The molecule has 1 amide bonds. The molecule has 2 aromatic rings. The number of halogens is 1. The first-order valence-electron chi connectivity index (χ1n) is 6.76. The maximum absolute atomic E-state index is 12.9. The zero-order chi connectivity index (χ0) is 16.2. The average molecular weight is 323 g/mol. The minimum absolute atomic E-state index is 0.274. The number of hydrazine groups is 1. The fourth-order valence-corrected chi connectivity index (χ4v) is 2.45. The van der Waals surface area contributed by atoms with E-state index in [0.717, 1.165) is 16.3 Å². The molecule has 0 radical (unpaired) electrons. The van der Waals surface area contributed by atoms with Crippen LogP contribution in [0.3, 0.4) is 0 Å². The van der Waals surface area contributed by atoms with Crippen molar-refractivity contribution in [1.29, 1.82) is 0 Å². The molecule has 22 heavy (non-hydrogen) atoms. The van der Waals surface area contributed by atoms with Gasteiger partial charge in [0.2, 0.25) is 0 Å². The number of ether oxygens (including phenoxy) is 1. The van der Waals surface area contributed by atoms with Crippen molar-refractivity contribution < 1.29 is 13.9 Å². The van der Waals surface area contributed by atoms with E-state index in [0.29, 0.717) is 6.54 Å². The lowest BCUT2D eigenvalue weighted by molar-refractivity contribution is 0.0497. The van der Waals surface area contributed by atoms with Gasteiger partial charge in [-0.05, 0) is 45.0 Å². The summed E-state index contributed by atoms with van der Waals surface area (Å²) in [6, 6.07) is 6.17. The van der Waals surface area contributed by atoms with Gasteiger partial charge in [0.1, 0.15) is 16.4 Å². The van der Waals surface area contributed by atoms with Crippen LogP contribution in [0.2, 0.25) is 0 Å². The molecule has 2 rings (SSSR count). The van der Waals surface area contributed by atoms with Gasteiger partial charge in [-0.2, -0.15) is 0 Å². The normalized spacial score (nSPS) is 11.3. The molecular formula is C15H18FN3O2S. The highest BCUT2D eigenvalue weighted by Crippen LogP contribution is 2.23. The van der Waals surface area contributed by atoms with Crippen LogP contribution in [0.25, 0.3) is 10.6 Å². The second-order valence-electron chi connectivity index (χ2n) is 5.63. The van der Waals surface area contributed by atoms with E-state index in [1.54, 1.807) is 32.9 Å². The van der Waals surface area contributed by atoms with Crippen molar-refractivity contribution in [2.24, 2.45) is 0 Å². The third-order valence-electron chi connectivity index (χ3n) is 2.50. The van der Waals surface area contributed by atoms with Crippen molar-refractivity contribution in [3.05, 3.63) is 41.2 Å². The number of thiazole rings is 1. The fourth-order valence-electron chi connectivity index (χ4n) is 1.62. The highest BCUT2D eigenvalue weighted by Gasteiger charge is 2.15. The molecule has 0 aliphatic rings. The highest BCUT2D eigenvalue weighted by molar-refractivity contribution is 7.13. The zero-order valence-electron chi connectivity index (χ0n) is 12.6. The van der Waals surface area contributed by atoms with Gasteiger partial charge in [0.15, 0.2) is 0 Å². The summed E-state index contributed by atoms with van der Waals surface area (Å²) < 4.78 is 18.0. The fraction of sp³-hybridized carbons (Fsp3) is 0.333. The van der Waals surface area contributed by atoms with Crippen LogP contribution in [0.5, 0.6) is 0 Å². The van der Waals surface area contributed by atoms with Crippen molar-refractivity contribution in [3.63, 3.8) is 0 Å². The largest absolute Gasteiger partial charge is 0.443 e. The van der Waals surface area contributed by atoms with Crippen molar-refractivity contribution in [3.8, 4) is 10.6 Å². The van der Waals surface area contributed by atoms with Crippen molar-refractivity contribution >= 4 is 17.4 Å². The molecule has 1 aromatic heterocycles. The lowest BCUT2D eigenvalue weighted by atomic mass is 10.2. The number of nitrogens with one attached hydrogen (secondary N) is 2. The molecule has 0 saturated carbocycles. The van der Waals surface area contributed by atoms with Gasteiger partial charge in [0.25, 0.3) is 0 Å². The molecule has 1 heterocycles. The number of carbonyl (C=O) groups is 1. The van der Waals surface area contributed by atoms with Gasteiger partial charge in [-0.3, -0.25) is 5.43 Å². The topological polar surface area (TPSA) is 63.2 Å². The van der Waals surface area contributed by atoms with Crippen LogP contribution in [0.1, 0.15) is 26.5 Å². The average Bonchev–Trinajstić information content (AvgIpc) is 2.86. The van der Waals surface area contributed by atoms with Crippen LogP contribution in [-0.4, -0.2) is 16.7 Å². The minimum Gasteiger partial charge on any atom is -0.443 e. The molecule has 0 aliphatic carbocycles. The Bertz CT molecular complexity index is 635. The minimum atomic E-state index is -0.540. The SMILES string of the molecule is CC(C)(C)OC(=O)NNCc1csc(-c2ccc(F)cc2)n1. The van der Waals surface area contributed by atoms with Gasteiger partial charge in [0.05, 0.1) is 12.2 Å². The molecule has 2 N–H and O–H groups in total. The standard InChI is InChI=1S/C15H18FN3O2S/c1-15(2,3)21-14(20)19-17-8-12-9-22-13(18-12)10-4-6-11(16)7-5-10/h4-7,9,17H,8H2,1-3H3,(H,19,20). The van der Waals surface area contributed by atoms with Gasteiger partial charge in [0, 0.05) is 10.9 Å². The van der Waals surface area contributed by atoms with E-state index in [1.807, 2.05) is 5.38 Å². The van der Waals surface area contributed by atoms with Gasteiger partial charge in [-0.25, -0.2) is 19.6 Å². The van der Waals surface area contributed by atoms with Crippen molar-refractivity contribution in [2.45, 2.75) is 32.9 Å². The number of rotatable bonds is 4. The Kier molecular flexibility index (Phi) is 5.10. The first-order valence-corrected chi connectivity index (χ1v) is 7.64. The van der Waals surface area contributed by atoms with Gasteiger partial charge >= 0.3 is 6.09 Å². The number of carbonyl (C=O) groups excluding carboxylic acids is 1. The predicted molar refractivity (Wildman–Crippen MR) is 83.7 cm³/mol. The summed E-state index contributed by atoms with van der Waals surface area (Å²) in [6.45, 7) is 5.75. The summed E-state index contributed by atoms with van der Waals surface area (Å²) in [5.41, 5.74) is 6.30. The van der Waals surface area contributed by atoms with E-state index in [2.05, 4.69) is 15.8 Å². The Balaban J connectivity index is 1.85. The van der Waals surface area contributed by atoms with E-state index >= 15 is 0 Å². The third kappa shape index (κ3) is 5.09. The molecule has 0 spiro atoms. The third-order valence-corrected chi connectivity index (χ3v) is 3.44. The smallest absolute Gasteiger partial charge is 0.422 e. The van der Waals surface area contributed by atoms with Crippen LogP contribution in [0, 0.1) is 5.82 Å². The predicted octanol–water partition coefficient (Wildman–Crippen LogP) is 3.48. The van der Waals surface area contributed by atoms with Gasteiger partial charge in [-0.1, -0.05) is 0 Å². The number of nitrogens with zero attached hydrogens (tertiary/aromatic N) is 1. The number of aromatic nitrogens is 1. The molecule has 0 aliphatic heterocycles. The number of amides is 1. The summed E-state index contributed by atoms with van der Waals surface area (Å²) in [4.78, 5) is 15.9. The molecule has 118 valence electrons. The van der Waals surface area contributed by atoms with Crippen LogP contribution in [-0.2, 0) is 11.3 Å². The summed E-state index contributed by atoms with van der Waals surface area (Å²) >= 11 is 1.46. The summed E-state index contributed by atoms with van der Waals surface area (Å²) in [7, 11) is 0. The Morgan fingerprint density at radius 3 is 2.64 bits per heavy atom. The van der Waals surface area contributed by atoms with Gasteiger partial charge in [-0.15, -0.1) is 11.3 Å². The van der Waals surface area contributed by atoms with Crippen LogP contribution in [0.4, 0.5) is 9.18 Å². The quantitative estimate of drug-likeness (QED) is 0.846. The van der Waals surface area contributed by atoms with E-state index in [4.69, 9.17) is 4.74 Å². The molecule has 0 fully saturated rings. The van der Waals surface area contributed by atoms with E-state index < -0.39 is 11.7 Å². The van der Waals surface area contributed by atoms with Crippen molar-refractivity contribution in [2.75, 3.05) is 0 Å². The molecule has 0 atom stereocenters. The summed E-state index contributed by atoms with van der Waals surface area (Å²) in [5.74, 6) is -0.274. The Hall–Kier alpha value is -1.99. The number of benzene rings is 1. The monoisotopic (exact) mass is 323 g/mol. The van der Waals surface area contributed by atoms with E-state index in [-0.39, 0.29) is 5.82 Å². The van der Waals surface area contributed by atoms with E-state index in [1.165, 1.54) is 23.5 Å². The molecule has 1 aromatic carbocycles. The Morgan fingerprint density at radius 1 is 1.32 bits per heavy atom. The molecule has 0 saturated heterocycles. The van der Waals surface area contributed by atoms with E-state index in [9.17, 15) is 9.18 Å². The number of hydrogen-bond donors (Lipinski definition) is 2. The zero-order valence-corrected chi connectivity index (χ0v) is 13.5. The molecular weight excluding hydrogens is 305 g/mol. The second kappa shape index (κ2) is 6.85. The summed E-state index contributed by atoms with van der Waals surface area (Å²) in [5, 5.41) is 2.68. The lowest BCUT2D eigenvalue weighted by Gasteiger charge is -2.19. The Labute approximate surface area is 132 Å². The second-order valence-corrected chi connectivity index (χ2v) is 6.49.